The maximum Gasteiger partial charge on any atom is 0.0445 e. The first-order valence-electron chi connectivity index (χ1n) is 11.9. The van der Waals surface area contributed by atoms with E-state index in [1.54, 1.807) is 0 Å². The second kappa shape index (κ2) is 6.22. The lowest BCUT2D eigenvalue weighted by molar-refractivity contribution is -0.317. The number of hydrogen-bond donors (Lipinski definition) is 0. The largest absolute Gasteiger partial charge is 0.550 e. The summed E-state index contributed by atoms with van der Waals surface area (Å²) in [6.07, 6.45) is 10.8. The molecule has 6 fully saturated rings. The summed E-state index contributed by atoms with van der Waals surface area (Å²) in [5.41, 5.74) is 0. The summed E-state index contributed by atoms with van der Waals surface area (Å²) < 4.78 is 0. The fourth-order valence-corrected chi connectivity index (χ4v) is 10.2. The lowest BCUT2D eigenvalue weighted by atomic mass is 9.38. The molecule has 0 radical (unpaired) electrons. The van der Waals surface area contributed by atoms with Gasteiger partial charge in [0, 0.05) is 11.9 Å². The standard InChI is InChI=1S/C24H34O4/c25-23(26)17-7-11-1-3-13-5-16-10-18(24(27)28)8-12-2-4-14-6-15(9-17)19(11)21(13)22(14)20(12)16/h11-22H,1-10H2,(H,25,26)(H,27,28)/p-2. The minimum absolute atomic E-state index is 0.217. The molecule has 0 aromatic carbocycles. The van der Waals surface area contributed by atoms with Crippen LogP contribution in [0.2, 0.25) is 0 Å². The maximum absolute atomic E-state index is 11.7. The normalized spacial score (nSPS) is 56.4. The van der Waals surface area contributed by atoms with Crippen LogP contribution in [-0.4, -0.2) is 11.9 Å². The van der Waals surface area contributed by atoms with Crippen LogP contribution in [0, 0.1) is 71.0 Å². The summed E-state index contributed by atoms with van der Waals surface area (Å²) in [6, 6.07) is 0. The minimum atomic E-state index is -0.810. The lowest BCUT2D eigenvalue weighted by Gasteiger charge is -2.67. The molecule has 6 rings (SSSR count). The van der Waals surface area contributed by atoms with E-state index in [2.05, 4.69) is 0 Å². The Bertz CT molecular complexity index is 630. The van der Waals surface area contributed by atoms with Crippen LogP contribution in [0.3, 0.4) is 0 Å². The van der Waals surface area contributed by atoms with Gasteiger partial charge in [0.2, 0.25) is 0 Å². The minimum Gasteiger partial charge on any atom is -0.550 e. The van der Waals surface area contributed by atoms with Crippen LogP contribution in [-0.2, 0) is 9.59 Å². The number of rotatable bonds is 2. The molecule has 6 aliphatic rings. The first-order chi connectivity index (χ1) is 13.5. The third-order valence-corrected chi connectivity index (χ3v) is 10.6. The summed E-state index contributed by atoms with van der Waals surface area (Å²) in [7, 11) is 0. The van der Waals surface area contributed by atoms with Crippen LogP contribution in [0.5, 0.6) is 0 Å². The molecule has 0 heterocycles. The van der Waals surface area contributed by atoms with Crippen LogP contribution in [0.4, 0.5) is 0 Å². The van der Waals surface area contributed by atoms with Crippen molar-refractivity contribution >= 4 is 11.9 Å². The van der Waals surface area contributed by atoms with Crippen molar-refractivity contribution in [2.24, 2.45) is 71.0 Å². The van der Waals surface area contributed by atoms with Gasteiger partial charge in [-0.1, -0.05) is 0 Å². The predicted molar refractivity (Wildman–Crippen MR) is 98.1 cm³/mol. The second-order valence-corrected chi connectivity index (χ2v) is 11.5. The van der Waals surface area contributed by atoms with E-state index < -0.39 is 11.9 Å². The van der Waals surface area contributed by atoms with Gasteiger partial charge in [-0.2, -0.15) is 0 Å². The van der Waals surface area contributed by atoms with Gasteiger partial charge in [-0.25, -0.2) is 0 Å². The van der Waals surface area contributed by atoms with Gasteiger partial charge in [0.05, 0.1) is 0 Å². The van der Waals surface area contributed by atoms with E-state index in [1.165, 1.54) is 38.5 Å². The van der Waals surface area contributed by atoms with Crippen LogP contribution in [0.1, 0.15) is 64.2 Å². The summed E-state index contributed by atoms with van der Waals surface area (Å²) in [5.74, 6) is 4.95. The predicted octanol–water partition coefficient (Wildman–Crippen LogP) is 1.86. The van der Waals surface area contributed by atoms with Gasteiger partial charge in [-0.3, -0.25) is 0 Å². The SMILES string of the molecule is O=C([O-])C1CC2CCC3CC4CC(C(=O)[O-])CC5CCC6CC(C1)C2C3C6C54. The fourth-order valence-electron chi connectivity index (χ4n) is 10.2. The van der Waals surface area contributed by atoms with E-state index >= 15 is 0 Å². The average molecular weight is 385 g/mol. The van der Waals surface area contributed by atoms with Gasteiger partial charge in [-0.15, -0.1) is 0 Å². The molecule has 0 saturated heterocycles. The molecule has 0 spiro atoms. The topological polar surface area (TPSA) is 80.3 Å². The van der Waals surface area contributed by atoms with E-state index in [0.717, 1.165) is 61.2 Å². The Morgan fingerprint density at radius 3 is 1.14 bits per heavy atom. The van der Waals surface area contributed by atoms with E-state index in [0.29, 0.717) is 23.7 Å². The average Bonchev–Trinajstić information content (AvgIpc) is 2.69. The zero-order chi connectivity index (χ0) is 19.2. The van der Waals surface area contributed by atoms with Gasteiger partial charge in [-0.05, 0) is 135 Å². The highest BCUT2D eigenvalue weighted by Gasteiger charge is 2.62. The zero-order valence-electron chi connectivity index (χ0n) is 16.6. The highest BCUT2D eigenvalue weighted by atomic mass is 16.4. The van der Waals surface area contributed by atoms with E-state index in [9.17, 15) is 19.8 Å². The Balaban J connectivity index is 1.34. The molecule has 28 heavy (non-hydrogen) atoms. The zero-order valence-corrected chi connectivity index (χ0v) is 16.6. The molecule has 0 N–H and O–H groups in total. The van der Waals surface area contributed by atoms with Crippen molar-refractivity contribution in [3.63, 3.8) is 0 Å². The highest BCUT2D eigenvalue weighted by molar-refractivity contribution is 5.68. The Morgan fingerprint density at radius 2 is 0.786 bits per heavy atom. The van der Waals surface area contributed by atoms with Crippen LogP contribution in [0.15, 0.2) is 0 Å². The molecule has 154 valence electrons. The number of carbonyl (C=O) groups is 2. The van der Waals surface area contributed by atoms with Crippen molar-refractivity contribution in [1.29, 1.82) is 0 Å². The summed E-state index contributed by atoms with van der Waals surface area (Å²) in [4.78, 5) is 23.3. The number of hydrogen-bond acceptors (Lipinski definition) is 4. The molecule has 12 unspecified atom stereocenters. The van der Waals surface area contributed by atoms with Crippen LogP contribution < -0.4 is 10.2 Å². The summed E-state index contributed by atoms with van der Waals surface area (Å²) in [5, 5.41) is 23.3. The van der Waals surface area contributed by atoms with E-state index in [-0.39, 0.29) is 11.8 Å². The third-order valence-electron chi connectivity index (χ3n) is 10.6. The second-order valence-electron chi connectivity index (χ2n) is 11.5. The molecule has 6 saturated carbocycles. The fraction of sp³-hybridized carbons (Fsp3) is 0.917. The monoisotopic (exact) mass is 384 g/mol. The molecular weight excluding hydrogens is 352 g/mol. The Morgan fingerprint density at radius 1 is 0.464 bits per heavy atom. The number of carbonyl (C=O) groups excluding carboxylic acids is 2. The van der Waals surface area contributed by atoms with Gasteiger partial charge in [0.1, 0.15) is 0 Å². The number of carboxylic acids is 2. The molecule has 0 aromatic heterocycles. The van der Waals surface area contributed by atoms with Gasteiger partial charge in [0.15, 0.2) is 0 Å². The third kappa shape index (κ3) is 2.41. The maximum atomic E-state index is 11.7. The van der Waals surface area contributed by atoms with E-state index in [1.807, 2.05) is 0 Å². The lowest BCUT2D eigenvalue weighted by Crippen LogP contribution is -2.61. The summed E-state index contributed by atoms with van der Waals surface area (Å²) in [6.45, 7) is 0. The van der Waals surface area contributed by atoms with Crippen molar-refractivity contribution in [2.45, 2.75) is 64.2 Å². The molecule has 4 heteroatoms. The molecule has 0 aromatic rings. The van der Waals surface area contributed by atoms with Crippen molar-refractivity contribution in [1.82, 2.24) is 0 Å². The van der Waals surface area contributed by atoms with Gasteiger partial charge >= 0.3 is 0 Å². The van der Waals surface area contributed by atoms with Gasteiger partial charge < -0.3 is 19.8 Å². The Hall–Kier alpha value is -1.06. The first kappa shape index (κ1) is 17.8. The summed E-state index contributed by atoms with van der Waals surface area (Å²) >= 11 is 0. The molecule has 0 amide bonds. The molecule has 6 aliphatic carbocycles. The van der Waals surface area contributed by atoms with Crippen molar-refractivity contribution in [3.05, 3.63) is 0 Å². The Labute approximate surface area is 167 Å². The van der Waals surface area contributed by atoms with Crippen molar-refractivity contribution in [2.75, 3.05) is 0 Å². The molecule has 0 bridgehead atoms. The van der Waals surface area contributed by atoms with Crippen molar-refractivity contribution < 1.29 is 19.8 Å². The van der Waals surface area contributed by atoms with Gasteiger partial charge in [0.25, 0.3) is 0 Å². The number of aliphatic carboxylic acids is 2. The molecular formula is C24H32O4-2. The Kier molecular flexibility index (Phi) is 3.95. The molecule has 12 atom stereocenters. The molecule has 4 nitrogen and oxygen atoms in total. The molecule has 0 aliphatic heterocycles. The van der Waals surface area contributed by atoms with Crippen molar-refractivity contribution in [3.8, 4) is 0 Å². The number of carboxylic acid groups (broad SMARTS) is 2. The van der Waals surface area contributed by atoms with Crippen LogP contribution in [0.25, 0.3) is 0 Å². The smallest absolute Gasteiger partial charge is 0.0445 e. The highest BCUT2D eigenvalue weighted by Crippen LogP contribution is 2.69. The first-order valence-corrected chi connectivity index (χ1v) is 11.9. The van der Waals surface area contributed by atoms with E-state index in [4.69, 9.17) is 0 Å². The van der Waals surface area contributed by atoms with Crippen LogP contribution >= 0.6 is 0 Å². The quantitative estimate of drug-likeness (QED) is 0.728.